The molecule has 0 aliphatic carbocycles. The lowest BCUT2D eigenvalue weighted by molar-refractivity contribution is 0.791. The Labute approximate surface area is 150 Å². The zero-order valence-electron chi connectivity index (χ0n) is 14.3. The van der Waals surface area contributed by atoms with Gasteiger partial charge in [-0.1, -0.05) is 12.1 Å². The fraction of sp³-hybridized carbons (Fsp3) is 0.294. The summed E-state index contributed by atoms with van der Waals surface area (Å²) in [6.07, 6.45) is 6.02. The lowest BCUT2D eigenvalue weighted by Gasteiger charge is -2.11. The summed E-state index contributed by atoms with van der Waals surface area (Å²) in [5.74, 6) is 0.786. The van der Waals surface area contributed by atoms with E-state index in [0.29, 0.717) is 6.54 Å². The van der Waals surface area contributed by atoms with E-state index in [9.17, 15) is 0 Å². The van der Waals surface area contributed by atoms with Crippen LogP contribution in [0.4, 0.5) is 0 Å². The Morgan fingerprint density at radius 2 is 2.08 bits per heavy atom. The van der Waals surface area contributed by atoms with Gasteiger partial charge in [0.15, 0.2) is 5.96 Å². The zero-order valence-corrected chi connectivity index (χ0v) is 15.1. The van der Waals surface area contributed by atoms with Crippen LogP contribution in [-0.2, 0) is 13.0 Å². The summed E-state index contributed by atoms with van der Waals surface area (Å²) in [6.45, 7) is 3.58. The lowest BCUT2D eigenvalue weighted by Crippen LogP contribution is -2.37. The molecule has 1 aromatic carbocycles. The summed E-state index contributed by atoms with van der Waals surface area (Å²) in [7, 11) is 1.77. The maximum Gasteiger partial charge on any atom is 0.191 e. The molecular weight excluding hydrogens is 334 g/mol. The largest absolute Gasteiger partial charge is 0.356 e. The number of hydrogen-bond donors (Lipinski definition) is 2. The van der Waals surface area contributed by atoms with Crippen LogP contribution in [0.15, 0.2) is 48.1 Å². The van der Waals surface area contributed by atoms with Crippen molar-refractivity contribution in [2.24, 2.45) is 4.99 Å². The second-order valence-electron chi connectivity index (χ2n) is 5.47. The van der Waals surface area contributed by atoms with Crippen LogP contribution in [0.25, 0.3) is 5.69 Å². The fourth-order valence-corrected chi connectivity index (χ4v) is 3.11. The Hall–Kier alpha value is -2.74. The molecule has 0 atom stereocenters. The Morgan fingerprint density at radius 1 is 1.24 bits per heavy atom. The number of thiazole rings is 1. The van der Waals surface area contributed by atoms with Gasteiger partial charge in [0.2, 0.25) is 0 Å². The van der Waals surface area contributed by atoms with Crippen LogP contribution in [0.2, 0.25) is 0 Å². The average molecular weight is 355 g/mol. The highest BCUT2D eigenvalue weighted by atomic mass is 32.1. The monoisotopic (exact) mass is 355 g/mol. The quantitative estimate of drug-likeness (QED) is 0.522. The highest BCUT2D eigenvalue weighted by Crippen LogP contribution is 2.11. The van der Waals surface area contributed by atoms with Crippen LogP contribution in [0.3, 0.4) is 0 Å². The van der Waals surface area contributed by atoms with E-state index < -0.39 is 0 Å². The molecule has 0 aliphatic heterocycles. The van der Waals surface area contributed by atoms with E-state index in [1.165, 1.54) is 16.8 Å². The third-order valence-electron chi connectivity index (χ3n) is 3.60. The van der Waals surface area contributed by atoms with Crippen molar-refractivity contribution in [2.75, 3.05) is 13.6 Å². The number of rotatable bonds is 6. The molecule has 0 saturated heterocycles. The standard InChI is InChI=1S/C17H21N7S/c1-13-9-21-16(25-13)7-8-20-17(18-2)22-10-14-3-5-15(6-4-14)24-12-19-11-23-24/h3-6,9,11-12H,7-8,10H2,1-2H3,(H2,18,20,22). The Balaban J connectivity index is 1.46. The predicted octanol–water partition coefficient (Wildman–Crippen LogP) is 1.94. The molecule has 0 unspecified atom stereocenters. The van der Waals surface area contributed by atoms with Gasteiger partial charge in [-0.25, -0.2) is 14.6 Å². The van der Waals surface area contributed by atoms with Crippen LogP contribution >= 0.6 is 11.3 Å². The van der Waals surface area contributed by atoms with Gasteiger partial charge >= 0.3 is 0 Å². The van der Waals surface area contributed by atoms with Gasteiger partial charge in [0.1, 0.15) is 12.7 Å². The molecule has 130 valence electrons. The highest BCUT2D eigenvalue weighted by Gasteiger charge is 2.02. The summed E-state index contributed by atoms with van der Waals surface area (Å²) in [6, 6.07) is 8.17. The zero-order chi connectivity index (χ0) is 17.5. The molecule has 0 amide bonds. The van der Waals surface area contributed by atoms with Gasteiger partial charge in [0.05, 0.1) is 10.7 Å². The molecule has 2 N–H and O–H groups in total. The molecule has 3 rings (SSSR count). The molecule has 0 saturated carbocycles. The first-order valence-electron chi connectivity index (χ1n) is 8.04. The molecule has 7 nitrogen and oxygen atoms in total. The molecule has 8 heteroatoms. The molecule has 3 aromatic rings. The van der Waals surface area contributed by atoms with Gasteiger partial charge in [-0.05, 0) is 24.6 Å². The number of hydrogen-bond acceptors (Lipinski definition) is 5. The van der Waals surface area contributed by atoms with E-state index in [1.54, 1.807) is 29.4 Å². The van der Waals surface area contributed by atoms with Gasteiger partial charge in [-0.3, -0.25) is 4.99 Å². The van der Waals surface area contributed by atoms with Crippen molar-refractivity contribution in [2.45, 2.75) is 19.9 Å². The summed E-state index contributed by atoms with van der Waals surface area (Å²) in [5.41, 5.74) is 2.16. The van der Waals surface area contributed by atoms with E-state index in [1.807, 2.05) is 18.3 Å². The van der Waals surface area contributed by atoms with E-state index in [2.05, 4.69) is 49.7 Å². The van der Waals surface area contributed by atoms with Gasteiger partial charge in [0.25, 0.3) is 0 Å². The lowest BCUT2D eigenvalue weighted by atomic mass is 10.2. The first kappa shape index (κ1) is 17.1. The van der Waals surface area contributed by atoms with Crippen molar-refractivity contribution in [1.82, 2.24) is 30.4 Å². The summed E-state index contributed by atoms with van der Waals surface area (Å²) >= 11 is 1.73. The smallest absolute Gasteiger partial charge is 0.191 e. The number of aliphatic imine (C=N–C) groups is 1. The fourth-order valence-electron chi connectivity index (χ4n) is 2.32. The average Bonchev–Trinajstić information content (AvgIpc) is 3.30. The minimum atomic E-state index is 0.702. The molecule has 2 aromatic heterocycles. The van der Waals surface area contributed by atoms with Crippen LogP contribution in [0.5, 0.6) is 0 Å². The molecule has 2 heterocycles. The molecule has 0 bridgehead atoms. The molecule has 0 spiro atoms. The number of aryl methyl sites for hydroxylation is 1. The first-order chi connectivity index (χ1) is 12.2. The van der Waals surface area contributed by atoms with Crippen molar-refractivity contribution in [3.8, 4) is 5.69 Å². The second kappa shape index (κ2) is 8.39. The first-order valence-corrected chi connectivity index (χ1v) is 8.86. The Morgan fingerprint density at radius 3 is 2.72 bits per heavy atom. The van der Waals surface area contributed by atoms with Gasteiger partial charge < -0.3 is 10.6 Å². The van der Waals surface area contributed by atoms with Crippen molar-refractivity contribution in [3.05, 3.63) is 58.6 Å². The number of nitrogens with zero attached hydrogens (tertiary/aromatic N) is 5. The molecular formula is C17H21N7S. The Bertz CT molecular complexity index is 806. The molecule has 0 radical (unpaired) electrons. The summed E-state index contributed by atoms with van der Waals surface area (Å²) < 4.78 is 1.73. The summed E-state index contributed by atoms with van der Waals surface area (Å²) in [4.78, 5) is 13.8. The van der Waals surface area contributed by atoms with E-state index in [4.69, 9.17) is 0 Å². The third-order valence-corrected chi connectivity index (χ3v) is 4.58. The van der Waals surface area contributed by atoms with Crippen LogP contribution in [0.1, 0.15) is 15.4 Å². The number of guanidine groups is 1. The minimum absolute atomic E-state index is 0.702. The SMILES string of the molecule is CN=C(NCCc1ncc(C)s1)NCc1ccc(-n2cncn2)cc1. The van der Waals surface area contributed by atoms with E-state index in [-0.39, 0.29) is 0 Å². The van der Waals surface area contributed by atoms with Gasteiger partial charge in [-0.15, -0.1) is 11.3 Å². The van der Waals surface area contributed by atoms with Crippen LogP contribution in [-0.4, -0.2) is 39.3 Å². The van der Waals surface area contributed by atoms with Crippen LogP contribution in [0, 0.1) is 6.92 Å². The second-order valence-corrected chi connectivity index (χ2v) is 6.79. The maximum absolute atomic E-state index is 4.37. The van der Waals surface area contributed by atoms with Crippen molar-refractivity contribution in [3.63, 3.8) is 0 Å². The van der Waals surface area contributed by atoms with Crippen molar-refractivity contribution >= 4 is 17.3 Å². The van der Waals surface area contributed by atoms with Gasteiger partial charge in [0, 0.05) is 37.6 Å². The topological polar surface area (TPSA) is 80.0 Å². The molecule has 0 fully saturated rings. The number of aromatic nitrogens is 4. The normalized spacial score (nSPS) is 11.5. The van der Waals surface area contributed by atoms with Gasteiger partial charge in [-0.2, -0.15) is 5.10 Å². The maximum atomic E-state index is 4.37. The molecule has 25 heavy (non-hydrogen) atoms. The van der Waals surface area contributed by atoms with Crippen molar-refractivity contribution in [1.29, 1.82) is 0 Å². The predicted molar refractivity (Wildman–Crippen MR) is 100 cm³/mol. The van der Waals surface area contributed by atoms with Crippen LogP contribution < -0.4 is 10.6 Å². The molecule has 0 aliphatic rings. The number of benzene rings is 1. The third kappa shape index (κ3) is 4.87. The van der Waals surface area contributed by atoms with E-state index >= 15 is 0 Å². The van der Waals surface area contributed by atoms with E-state index in [0.717, 1.165) is 29.6 Å². The Kier molecular flexibility index (Phi) is 5.73. The van der Waals surface area contributed by atoms with Crippen molar-refractivity contribution < 1.29 is 0 Å². The highest BCUT2D eigenvalue weighted by molar-refractivity contribution is 7.11. The summed E-state index contributed by atoms with van der Waals surface area (Å²) in [5, 5.41) is 11.9. The minimum Gasteiger partial charge on any atom is -0.356 e. The number of nitrogens with one attached hydrogen (secondary N) is 2.